The highest BCUT2D eigenvalue weighted by Crippen LogP contribution is 2.16. The lowest BCUT2D eigenvalue weighted by atomic mass is 10.1. The topological polar surface area (TPSA) is 97.1 Å². The molecule has 8 nitrogen and oxygen atoms in total. The molecule has 2 aromatic heterocycles. The number of ether oxygens (including phenoxy) is 1. The quantitative estimate of drug-likeness (QED) is 0.284. The largest absolute Gasteiger partial charge is 0.484 e. The van der Waals surface area contributed by atoms with Gasteiger partial charge in [-0.2, -0.15) is 5.10 Å². The van der Waals surface area contributed by atoms with E-state index in [0.29, 0.717) is 27.8 Å². The van der Waals surface area contributed by atoms with Gasteiger partial charge in [0.15, 0.2) is 6.61 Å². The normalized spacial score (nSPS) is 12.0. The highest BCUT2D eigenvalue weighted by molar-refractivity contribution is 6.30. The molecule has 0 spiro atoms. The molecule has 0 unspecified atom stereocenters. The van der Waals surface area contributed by atoms with Gasteiger partial charge in [-0.3, -0.25) is 14.0 Å². The predicted octanol–water partition coefficient (Wildman–Crippen LogP) is 4.32. The number of imidazole rings is 1. The Morgan fingerprint density at radius 2 is 1.86 bits per heavy atom. The average molecular weight is 490 g/mol. The number of carbonyl (C=O) groups excluding carboxylic acids is 2. The van der Waals surface area contributed by atoms with Crippen LogP contribution in [0.3, 0.4) is 0 Å². The number of amides is 2. The Bertz CT molecular complexity index is 1370. The molecule has 0 bridgehead atoms. The van der Waals surface area contributed by atoms with Crippen molar-refractivity contribution in [3.63, 3.8) is 0 Å². The predicted molar refractivity (Wildman–Crippen MR) is 135 cm³/mol. The number of nitrogens with zero attached hydrogens (tertiary/aromatic N) is 3. The molecule has 0 fully saturated rings. The zero-order valence-electron chi connectivity index (χ0n) is 19.2. The summed E-state index contributed by atoms with van der Waals surface area (Å²) in [6.07, 6.45) is 3.15. The van der Waals surface area contributed by atoms with Crippen LogP contribution in [0.5, 0.6) is 5.75 Å². The number of aryl methyl sites for hydroxylation is 1. The number of hydrazone groups is 1. The number of halogens is 1. The maximum Gasteiger partial charge on any atom is 0.290 e. The second-order valence-electron chi connectivity index (χ2n) is 7.88. The van der Waals surface area contributed by atoms with Gasteiger partial charge in [-0.1, -0.05) is 41.9 Å². The highest BCUT2D eigenvalue weighted by atomic mass is 35.5. The molecule has 2 amide bonds. The van der Waals surface area contributed by atoms with Crippen molar-refractivity contribution < 1.29 is 14.3 Å². The standard InChI is InChI=1S/C26H24ClN5O3/c1-17(20-6-4-3-5-7-20)30-24(33)16-35-22-11-8-19(9-12-22)14-28-31-26(34)25-18(2)29-23-13-10-21(27)15-32(23)25/h3-15,17H,16H2,1-2H3,(H,30,33)(H,31,34)/b28-14-/t17-/m0/s1. The lowest BCUT2D eigenvalue weighted by Crippen LogP contribution is -2.31. The molecule has 0 aliphatic carbocycles. The monoisotopic (exact) mass is 489 g/mol. The van der Waals surface area contributed by atoms with Crippen molar-refractivity contribution in [3.8, 4) is 5.75 Å². The van der Waals surface area contributed by atoms with Crippen molar-refractivity contribution in [2.75, 3.05) is 6.61 Å². The Balaban J connectivity index is 1.29. The number of nitrogens with one attached hydrogen (secondary N) is 2. The van der Waals surface area contributed by atoms with Crippen molar-refractivity contribution >= 4 is 35.3 Å². The molecule has 0 aliphatic heterocycles. The van der Waals surface area contributed by atoms with Crippen LogP contribution in [-0.4, -0.2) is 34.0 Å². The summed E-state index contributed by atoms with van der Waals surface area (Å²) >= 11 is 6.05. The first-order chi connectivity index (χ1) is 16.9. The molecular formula is C26H24ClN5O3. The van der Waals surface area contributed by atoms with Crippen molar-refractivity contribution in [3.05, 3.63) is 100 Å². The number of rotatable bonds is 8. The van der Waals surface area contributed by atoms with Gasteiger partial charge in [0.1, 0.15) is 17.1 Å². The van der Waals surface area contributed by atoms with E-state index >= 15 is 0 Å². The smallest absolute Gasteiger partial charge is 0.290 e. The number of pyridine rings is 1. The molecule has 0 saturated carbocycles. The molecule has 35 heavy (non-hydrogen) atoms. The third-order valence-corrected chi connectivity index (χ3v) is 5.50. The van der Waals surface area contributed by atoms with Gasteiger partial charge in [-0.15, -0.1) is 0 Å². The summed E-state index contributed by atoms with van der Waals surface area (Å²) in [5, 5.41) is 7.43. The number of hydrogen-bond donors (Lipinski definition) is 2. The summed E-state index contributed by atoms with van der Waals surface area (Å²) in [4.78, 5) is 29.2. The Hall–Kier alpha value is -4.17. The number of benzene rings is 2. The van der Waals surface area contributed by atoms with Gasteiger partial charge in [0.25, 0.3) is 11.8 Å². The van der Waals surface area contributed by atoms with E-state index in [0.717, 1.165) is 11.1 Å². The fourth-order valence-electron chi connectivity index (χ4n) is 3.54. The fourth-order valence-corrected chi connectivity index (χ4v) is 3.70. The van der Waals surface area contributed by atoms with E-state index in [4.69, 9.17) is 16.3 Å². The van der Waals surface area contributed by atoms with Crippen LogP contribution in [0.1, 0.15) is 40.3 Å². The zero-order chi connectivity index (χ0) is 24.8. The zero-order valence-corrected chi connectivity index (χ0v) is 20.0. The first-order valence-electron chi connectivity index (χ1n) is 11.0. The van der Waals surface area contributed by atoms with Crippen LogP contribution < -0.4 is 15.5 Å². The SMILES string of the molecule is Cc1nc2ccc(Cl)cn2c1C(=O)N/N=C\c1ccc(OCC(=O)N[C@@H](C)c2ccccc2)cc1. The van der Waals surface area contributed by atoms with Gasteiger partial charge in [0.2, 0.25) is 0 Å². The number of hydrogen-bond acceptors (Lipinski definition) is 5. The van der Waals surface area contributed by atoms with E-state index in [2.05, 4.69) is 20.8 Å². The van der Waals surface area contributed by atoms with Crippen molar-refractivity contribution in [2.24, 2.45) is 5.10 Å². The summed E-state index contributed by atoms with van der Waals surface area (Å²) in [7, 11) is 0. The van der Waals surface area contributed by atoms with Crippen LogP contribution in [0.4, 0.5) is 0 Å². The van der Waals surface area contributed by atoms with E-state index in [-0.39, 0.29) is 18.6 Å². The lowest BCUT2D eigenvalue weighted by molar-refractivity contribution is -0.123. The molecule has 178 valence electrons. The minimum atomic E-state index is -0.399. The molecule has 1 atom stereocenters. The van der Waals surface area contributed by atoms with E-state index in [1.54, 1.807) is 53.9 Å². The Labute approximate surface area is 207 Å². The van der Waals surface area contributed by atoms with Crippen molar-refractivity contribution in [1.82, 2.24) is 20.1 Å². The molecule has 4 rings (SSSR count). The van der Waals surface area contributed by atoms with Crippen LogP contribution in [0, 0.1) is 6.92 Å². The lowest BCUT2D eigenvalue weighted by Gasteiger charge is -2.14. The van der Waals surface area contributed by atoms with E-state index in [1.165, 1.54) is 6.21 Å². The van der Waals surface area contributed by atoms with Crippen LogP contribution in [0.25, 0.3) is 5.65 Å². The van der Waals surface area contributed by atoms with Crippen LogP contribution in [0.15, 0.2) is 78.0 Å². The molecule has 2 aromatic carbocycles. The van der Waals surface area contributed by atoms with Gasteiger partial charge < -0.3 is 10.1 Å². The van der Waals surface area contributed by atoms with Crippen LogP contribution >= 0.6 is 11.6 Å². The maximum atomic E-state index is 12.6. The summed E-state index contributed by atoms with van der Waals surface area (Å²) in [5.41, 5.74) is 5.85. The number of aromatic nitrogens is 2. The minimum Gasteiger partial charge on any atom is -0.484 e. The Morgan fingerprint density at radius 1 is 1.11 bits per heavy atom. The molecule has 2 heterocycles. The summed E-state index contributed by atoms with van der Waals surface area (Å²) in [6.45, 7) is 3.58. The minimum absolute atomic E-state index is 0.0939. The number of fused-ring (bicyclic) bond motifs is 1. The summed E-state index contributed by atoms with van der Waals surface area (Å²) in [5.74, 6) is -0.0603. The van der Waals surface area contributed by atoms with Crippen molar-refractivity contribution in [1.29, 1.82) is 0 Å². The first kappa shape index (κ1) is 24.0. The first-order valence-corrected chi connectivity index (χ1v) is 11.3. The third kappa shape index (κ3) is 6.04. The molecule has 2 N–H and O–H groups in total. The summed E-state index contributed by atoms with van der Waals surface area (Å²) < 4.78 is 7.20. The molecule has 4 aromatic rings. The van der Waals surface area contributed by atoms with Crippen molar-refractivity contribution in [2.45, 2.75) is 19.9 Å². The van der Waals surface area contributed by atoms with Gasteiger partial charge in [0, 0.05) is 6.20 Å². The molecule has 0 saturated heterocycles. The molecular weight excluding hydrogens is 466 g/mol. The second kappa shape index (κ2) is 10.8. The van der Waals surface area contributed by atoms with E-state index < -0.39 is 5.91 Å². The van der Waals surface area contributed by atoms with Crippen LogP contribution in [-0.2, 0) is 4.79 Å². The Kier molecular flexibility index (Phi) is 7.42. The second-order valence-corrected chi connectivity index (χ2v) is 8.31. The van der Waals surface area contributed by atoms with Gasteiger partial charge in [-0.25, -0.2) is 10.4 Å². The van der Waals surface area contributed by atoms with E-state index in [1.807, 2.05) is 37.3 Å². The fraction of sp³-hybridized carbons (Fsp3) is 0.154. The molecule has 0 aliphatic rings. The van der Waals surface area contributed by atoms with Gasteiger partial charge >= 0.3 is 0 Å². The third-order valence-electron chi connectivity index (χ3n) is 5.28. The maximum absolute atomic E-state index is 12.6. The van der Waals surface area contributed by atoms with Gasteiger partial charge in [0.05, 0.1) is 23.0 Å². The summed E-state index contributed by atoms with van der Waals surface area (Å²) in [6, 6.07) is 20.1. The van der Waals surface area contributed by atoms with Gasteiger partial charge in [-0.05, 0) is 61.4 Å². The molecule has 9 heteroatoms. The average Bonchev–Trinajstić information content (AvgIpc) is 3.18. The highest BCUT2D eigenvalue weighted by Gasteiger charge is 2.16. The Morgan fingerprint density at radius 3 is 2.60 bits per heavy atom. The van der Waals surface area contributed by atoms with Crippen LogP contribution in [0.2, 0.25) is 5.02 Å². The molecule has 0 radical (unpaired) electrons. The number of carbonyl (C=O) groups is 2. The van der Waals surface area contributed by atoms with E-state index in [9.17, 15) is 9.59 Å².